The fourth-order valence-electron chi connectivity index (χ4n) is 2.83. The number of ketones is 1. The average Bonchev–Trinajstić information content (AvgIpc) is 2.67. The van der Waals surface area contributed by atoms with Crippen LogP contribution in [0.3, 0.4) is 0 Å². The lowest BCUT2D eigenvalue weighted by Crippen LogP contribution is -2.26. The fraction of sp³-hybridized carbons (Fsp3) is 0.364. The molecule has 150 valence electrons. The third kappa shape index (κ3) is 5.26. The second-order valence-corrected chi connectivity index (χ2v) is 7.30. The molecule has 0 spiro atoms. The molecule has 2 aromatic carbocycles. The van der Waals surface area contributed by atoms with Crippen LogP contribution in [-0.4, -0.2) is 51.3 Å². The van der Waals surface area contributed by atoms with E-state index in [1.165, 1.54) is 0 Å². The van der Waals surface area contributed by atoms with Crippen LogP contribution in [0, 0.1) is 13.8 Å². The average molecular weight is 402 g/mol. The lowest BCUT2D eigenvalue weighted by molar-refractivity contribution is 0.0999. The number of carbonyl (C=O) groups excluding carboxylic acids is 1. The molecular formula is C22H28ClN3O2. The number of benzene rings is 2. The maximum absolute atomic E-state index is 12.9. The summed E-state index contributed by atoms with van der Waals surface area (Å²) in [4.78, 5) is 21.3. The number of Topliss-reactive ketones (excluding diaryl/α,β-unsaturated/α-hetero) is 1. The van der Waals surface area contributed by atoms with E-state index in [1.807, 2.05) is 56.2 Å². The molecule has 0 aromatic heterocycles. The highest BCUT2D eigenvalue weighted by Crippen LogP contribution is 2.31. The van der Waals surface area contributed by atoms with Crippen molar-refractivity contribution in [3.8, 4) is 5.75 Å². The van der Waals surface area contributed by atoms with Crippen molar-refractivity contribution in [1.82, 2.24) is 4.90 Å². The van der Waals surface area contributed by atoms with Gasteiger partial charge in [0.05, 0.1) is 31.4 Å². The SMILES string of the molecule is CCN(C)C=Nc1cc(C)c(C(=O)CN(C)c2cc(Cl)ccc2OC)cc1C. The van der Waals surface area contributed by atoms with E-state index in [2.05, 4.69) is 11.9 Å². The summed E-state index contributed by atoms with van der Waals surface area (Å²) >= 11 is 6.11. The van der Waals surface area contributed by atoms with E-state index < -0.39 is 0 Å². The van der Waals surface area contributed by atoms with Gasteiger partial charge < -0.3 is 14.5 Å². The number of nitrogens with zero attached hydrogens (tertiary/aromatic N) is 3. The Morgan fingerprint density at radius 2 is 1.89 bits per heavy atom. The van der Waals surface area contributed by atoms with Crippen molar-refractivity contribution < 1.29 is 9.53 Å². The van der Waals surface area contributed by atoms with E-state index in [0.29, 0.717) is 16.3 Å². The van der Waals surface area contributed by atoms with E-state index in [1.54, 1.807) is 25.3 Å². The molecule has 0 unspecified atom stereocenters. The first-order valence-corrected chi connectivity index (χ1v) is 9.58. The highest BCUT2D eigenvalue weighted by molar-refractivity contribution is 6.31. The first kappa shape index (κ1) is 21.8. The first-order chi connectivity index (χ1) is 13.3. The van der Waals surface area contributed by atoms with Crippen LogP contribution >= 0.6 is 11.6 Å². The van der Waals surface area contributed by atoms with Gasteiger partial charge in [-0.05, 0) is 62.2 Å². The molecule has 0 amide bonds. The van der Waals surface area contributed by atoms with Gasteiger partial charge in [-0.25, -0.2) is 4.99 Å². The summed E-state index contributed by atoms with van der Waals surface area (Å²) in [5.74, 6) is 0.712. The highest BCUT2D eigenvalue weighted by atomic mass is 35.5. The summed E-state index contributed by atoms with van der Waals surface area (Å²) in [6, 6.07) is 9.24. The molecule has 2 aromatic rings. The van der Waals surface area contributed by atoms with Gasteiger partial charge in [0.15, 0.2) is 5.78 Å². The van der Waals surface area contributed by atoms with Gasteiger partial charge in [-0.15, -0.1) is 0 Å². The number of anilines is 1. The second-order valence-electron chi connectivity index (χ2n) is 6.87. The summed E-state index contributed by atoms with van der Waals surface area (Å²) in [5.41, 5.74) is 4.24. The Hall–Kier alpha value is -2.53. The van der Waals surface area contributed by atoms with Gasteiger partial charge in [-0.3, -0.25) is 4.79 Å². The molecule has 0 aliphatic rings. The Morgan fingerprint density at radius 3 is 2.54 bits per heavy atom. The molecule has 6 heteroatoms. The maximum Gasteiger partial charge on any atom is 0.182 e. The molecule has 0 saturated carbocycles. The minimum atomic E-state index is 0.0336. The molecule has 5 nitrogen and oxygen atoms in total. The molecule has 2 rings (SSSR count). The largest absolute Gasteiger partial charge is 0.495 e. The number of aryl methyl sites for hydroxylation is 2. The molecule has 0 heterocycles. The smallest absolute Gasteiger partial charge is 0.182 e. The monoisotopic (exact) mass is 401 g/mol. The van der Waals surface area contributed by atoms with Crippen molar-refractivity contribution in [1.29, 1.82) is 0 Å². The number of ether oxygens (including phenoxy) is 1. The third-order valence-corrected chi connectivity index (χ3v) is 4.90. The summed E-state index contributed by atoms with van der Waals surface area (Å²) in [7, 11) is 5.43. The van der Waals surface area contributed by atoms with Crippen LogP contribution in [0.4, 0.5) is 11.4 Å². The number of aliphatic imine (C=N–C) groups is 1. The van der Waals surface area contributed by atoms with Crippen molar-refractivity contribution in [2.24, 2.45) is 4.99 Å². The van der Waals surface area contributed by atoms with Crippen LogP contribution in [0.25, 0.3) is 0 Å². The Balaban J connectivity index is 2.24. The van der Waals surface area contributed by atoms with Crippen molar-refractivity contribution in [2.75, 3.05) is 39.2 Å². The molecule has 0 aliphatic heterocycles. The predicted octanol–water partition coefficient (Wildman–Crippen LogP) is 4.90. The first-order valence-electron chi connectivity index (χ1n) is 9.20. The number of carbonyl (C=O) groups is 1. The molecule has 0 aliphatic carbocycles. The van der Waals surface area contributed by atoms with Gasteiger partial charge >= 0.3 is 0 Å². The topological polar surface area (TPSA) is 45.1 Å². The maximum atomic E-state index is 12.9. The number of halogens is 1. The summed E-state index contributed by atoms with van der Waals surface area (Å²) in [5, 5.41) is 0.599. The van der Waals surface area contributed by atoms with Gasteiger partial charge in [0.1, 0.15) is 5.75 Å². The fourth-order valence-corrected chi connectivity index (χ4v) is 3.00. The molecule has 0 saturated heterocycles. The van der Waals surface area contributed by atoms with Gasteiger partial charge in [-0.2, -0.15) is 0 Å². The molecule has 0 atom stereocenters. The predicted molar refractivity (Wildman–Crippen MR) is 118 cm³/mol. The van der Waals surface area contributed by atoms with Crippen LogP contribution < -0.4 is 9.64 Å². The lowest BCUT2D eigenvalue weighted by Gasteiger charge is -2.22. The van der Waals surface area contributed by atoms with Crippen LogP contribution in [0.2, 0.25) is 5.02 Å². The molecule has 0 radical (unpaired) electrons. The number of likely N-dealkylation sites (N-methyl/N-ethyl adjacent to an activating group) is 1. The van der Waals surface area contributed by atoms with E-state index in [-0.39, 0.29) is 12.3 Å². The Labute approximate surface area is 172 Å². The van der Waals surface area contributed by atoms with E-state index >= 15 is 0 Å². The van der Waals surface area contributed by atoms with Crippen molar-refractivity contribution >= 4 is 35.1 Å². The van der Waals surface area contributed by atoms with Crippen LogP contribution in [0.15, 0.2) is 35.3 Å². The molecular weight excluding hydrogens is 374 g/mol. The van der Waals surface area contributed by atoms with Gasteiger partial charge in [0.25, 0.3) is 0 Å². The summed E-state index contributed by atoms with van der Waals surface area (Å²) in [6.07, 6.45) is 1.81. The highest BCUT2D eigenvalue weighted by Gasteiger charge is 2.16. The molecule has 0 N–H and O–H groups in total. The minimum absolute atomic E-state index is 0.0336. The van der Waals surface area contributed by atoms with E-state index in [0.717, 1.165) is 29.0 Å². The molecule has 0 bridgehead atoms. The molecule has 0 fully saturated rings. The quantitative estimate of drug-likeness (QED) is 0.358. The summed E-state index contributed by atoms with van der Waals surface area (Å²) in [6.45, 7) is 7.08. The Kier molecular flexibility index (Phi) is 7.46. The van der Waals surface area contributed by atoms with Crippen molar-refractivity contribution in [3.05, 3.63) is 52.0 Å². The third-order valence-electron chi connectivity index (χ3n) is 4.67. The standard InChI is InChI=1S/C22H28ClN3O2/c1-7-25(4)14-24-19-11-15(2)18(10-16(19)3)21(27)13-26(5)20-12-17(23)8-9-22(20)28-6/h8-12,14H,7,13H2,1-6H3. The zero-order chi connectivity index (χ0) is 20.8. The zero-order valence-electron chi connectivity index (χ0n) is 17.4. The number of methoxy groups -OCH3 is 1. The zero-order valence-corrected chi connectivity index (χ0v) is 18.2. The number of rotatable bonds is 8. The number of hydrogen-bond acceptors (Lipinski definition) is 4. The Bertz CT molecular complexity index is 880. The van der Waals surface area contributed by atoms with Gasteiger partial charge in [-0.1, -0.05) is 11.6 Å². The van der Waals surface area contributed by atoms with E-state index in [4.69, 9.17) is 16.3 Å². The molecule has 28 heavy (non-hydrogen) atoms. The van der Waals surface area contributed by atoms with Crippen LogP contribution in [-0.2, 0) is 0 Å². The normalized spacial score (nSPS) is 11.0. The van der Waals surface area contributed by atoms with E-state index in [9.17, 15) is 4.79 Å². The van der Waals surface area contributed by atoms with Gasteiger partial charge in [0, 0.05) is 31.2 Å². The second kappa shape index (κ2) is 9.60. The van der Waals surface area contributed by atoms with Crippen molar-refractivity contribution in [3.63, 3.8) is 0 Å². The minimum Gasteiger partial charge on any atom is -0.495 e. The Morgan fingerprint density at radius 1 is 1.18 bits per heavy atom. The van der Waals surface area contributed by atoms with Crippen LogP contribution in [0.5, 0.6) is 5.75 Å². The number of hydrogen-bond donors (Lipinski definition) is 0. The van der Waals surface area contributed by atoms with Gasteiger partial charge in [0.2, 0.25) is 0 Å². The lowest BCUT2D eigenvalue weighted by atomic mass is 10.00. The van der Waals surface area contributed by atoms with Crippen molar-refractivity contribution in [2.45, 2.75) is 20.8 Å². The van der Waals surface area contributed by atoms with Crippen LogP contribution in [0.1, 0.15) is 28.4 Å². The summed E-state index contributed by atoms with van der Waals surface area (Å²) < 4.78 is 5.39.